The van der Waals surface area contributed by atoms with Gasteiger partial charge in [0.1, 0.15) is 6.29 Å². The van der Waals surface area contributed by atoms with Crippen LogP contribution in [0.15, 0.2) is 0 Å². The first-order valence-corrected chi connectivity index (χ1v) is 2.39. The SMILES string of the molecule is NC(N)CC(N)C=O. The van der Waals surface area contributed by atoms with Crippen molar-refractivity contribution in [3.63, 3.8) is 0 Å². The lowest BCUT2D eigenvalue weighted by Crippen LogP contribution is -2.38. The molecule has 0 aliphatic heterocycles. The fraction of sp³-hybridized carbons (Fsp3) is 0.750. The predicted octanol–water partition coefficient (Wildman–Crippen LogP) is -1.85. The van der Waals surface area contributed by atoms with Crippen molar-refractivity contribution in [3.05, 3.63) is 0 Å². The van der Waals surface area contributed by atoms with Crippen molar-refractivity contribution < 1.29 is 4.79 Å². The molecule has 0 fully saturated rings. The molecule has 0 aromatic rings. The maximum absolute atomic E-state index is 9.80. The van der Waals surface area contributed by atoms with Crippen molar-refractivity contribution >= 4 is 6.29 Å². The molecule has 4 heteroatoms. The average Bonchev–Trinajstić information content (AvgIpc) is 1.65. The van der Waals surface area contributed by atoms with Crippen LogP contribution in [0.3, 0.4) is 0 Å². The monoisotopic (exact) mass is 117 g/mol. The molecular weight excluding hydrogens is 106 g/mol. The fourth-order valence-corrected chi connectivity index (χ4v) is 0.370. The topological polar surface area (TPSA) is 95.1 Å². The van der Waals surface area contributed by atoms with Gasteiger partial charge in [0.2, 0.25) is 0 Å². The van der Waals surface area contributed by atoms with Gasteiger partial charge < -0.3 is 22.0 Å². The van der Waals surface area contributed by atoms with Gasteiger partial charge in [-0.3, -0.25) is 0 Å². The lowest BCUT2D eigenvalue weighted by molar-refractivity contribution is -0.109. The highest BCUT2D eigenvalue weighted by molar-refractivity contribution is 5.56. The molecule has 8 heavy (non-hydrogen) atoms. The molecule has 0 bridgehead atoms. The normalized spacial score (nSPS) is 14.0. The van der Waals surface area contributed by atoms with Crippen molar-refractivity contribution in [2.75, 3.05) is 0 Å². The number of carbonyl (C=O) groups is 1. The minimum absolute atomic E-state index is 0.351. The zero-order valence-electron chi connectivity index (χ0n) is 4.58. The summed E-state index contributed by atoms with van der Waals surface area (Å²) in [4.78, 5) is 9.80. The van der Waals surface area contributed by atoms with Gasteiger partial charge >= 0.3 is 0 Å². The maximum Gasteiger partial charge on any atom is 0.136 e. The number of rotatable bonds is 3. The van der Waals surface area contributed by atoms with Crippen LogP contribution in [0.1, 0.15) is 6.42 Å². The first-order valence-electron chi connectivity index (χ1n) is 2.39. The second-order valence-electron chi connectivity index (χ2n) is 1.70. The van der Waals surface area contributed by atoms with Crippen LogP contribution in [-0.4, -0.2) is 18.5 Å². The van der Waals surface area contributed by atoms with Crippen molar-refractivity contribution in [3.8, 4) is 0 Å². The average molecular weight is 117 g/mol. The first kappa shape index (κ1) is 7.55. The van der Waals surface area contributed by atoms with E-state index in [1.54, 1.807) is 0 Å². The standard InChI is InChI=1S/C4H11N3O/c5-3(2-8)1-4(6)7/h2-4H,1,5-7H2. The third-order valence-electron chi connectivity index (χ3n) is 0.719. The minimum atomic E-state index is -0.505. The summed E-state index contributed by atoms with van der Waals surface area (Å²) in [7, 11) is 0. The van der Waals surface area contributed by atoms with Crippen LogP contribution in [-0.2, 0) is 4.79 Å². The molecule has 1 atom stereocenters. The Kier molecular flexibility index (Phi) is 3.34. The molecule has 0 aromatic carbocycles. The molecule has 0 aliphatic carbocycles. The Bertz CT molecular complexity index is 73.7. The molecule has 0 radical (unpaired) electrons. The molecule has 48 valence electrons. The summed E-state index contributed by atoms with van der Waals surface area (Å²) < 4.78 is 0. The molecule has 0 spiro atoms. The van der Waals surface area contributed by atoms with E-state index in [2.05, 4.69) is 0 Å². The molecule has 0 aromatic heterocycles. The van der Waals surface area contributed by atoms with Crippen molar-refractivity contribution in [2.45, 2.75) is 18.6 Å². The van der Waals surface area contributed by atoms with E-state index in [0.717, 1.165) is 0 Å². The van der Waals surface area contributed by atoms with Crippen LogP contribution in [0, 0.1) is 0 Å². The molecule has 0 saturated carbocycles. The first-order chi connectivity index (χ1) is 3.66. The Morgan fingerprint density at radius 3 is 2.00 bits per heavy atom. The van der Waals surface area contributed by atoms with Crippen molar-refractivity contribution in [2.24, 2.45) is 17.2 Å². The van der Waals surface area contributed by atoms with Gasteiger partial charge in [0.05, 0.1) is 12.2 Å². The Balaban J connectivity index is 3.23. The lowest BCUT2D eigenvalue weighted by atomic mass is 10.2. The minimum Gasteiger partial charge on any atom is -0.322 e. The van der Waals surface area contributed by atoms with Gasteiger partial charge in [0.25, 0.3) is 0 Å². The smallest absolute Gasteiger partial charge is 0.136 e. The third-order valence-corrected chi connectivity index (χ3v) is 0.719. The van der Waals surface area contributed by atoms with Crippen LogP contribution < -0.4 is 17.2 Å². The van der Waals surface area contributed by atoms with E-state index in [1.165, 1.54) is 0 Å². The highest BCUT2D eigenvalue weighted by atomic mass is 16.1. The van der Waals surface area contributed by atoms with Crippen molar-refractivity contribution in [1.29, 1.82) is 0 Å². The Morgan fingerprint density at radius 1 is 1.38 bits per heavy atom. The lowest BCUT2D eigenvalue weighted by Gasteiger charge is -2.05. The highest BCUT2D eigenvalue weighted by Crippen LogP contribution is 1.81. The summed E-state index contributed by atoms with van der Waals surface area (Å²) in [5, 5.41) is 0. The van der Waals surface area contributed by atoms with Gasteiger partial charge in [0.15, 0.2) is 0 Å². The molecule has 0 aliphatic rings. The van der Waals surface area contributed by atoms with E-state index >= 15 is 0 Å². The second-order valence-corrected chi connectivity index (χ2v) is 1.70. The van der Waals surface area contributed by atoms with Crippen LogP contribution in [0.5, 0.6) is 0 Å². The molecule has 4 nitrogen and oxygen atoms in total. The summed E-state index contributed by atoms with van der Waals surface area (Å²) in [6.45, 7) is 0. The van der Waals surface area contributed by atoms with Gasteiger partial charge in [-0.25, -0.2) is 0 Å². The van der Waals surface area contributed by atoms with Gasteiger partial charge in [-0.15, -0.1) is 0 Å². The summed E-state index contributed by atoms with van der Waals surface area (Å²) >= 11 is 0. The summed E-state index contributed by atoms with van der Waals surface area (Å²) in [5.74, 6) is 0. The van der Waals surface area contributed by atoms with E-state index in [-0.39, 0.29) is 0 Å². The summed E-state index contributed by atoms with van der Waals surface area (Å²) in [6, 6.07) is -0.505. The zero-order chi connectivity index (χ0) is 6.57. The largest absolute Gasteiger partial charge is 0.322 e. The predicted molar refractivity (Wildman–Crippen MR) is 30.8 cm³/mol. The molecule has 0 amide bonds. The van der Waals surface area contributed by atoms with Gasteiger partial charge in [-0.2, -0.15) is 0 Å². The molecule has 0 heterocycles. The van der Waals surface area contributed by atoms with Crippen LogP contribution in [0.4, 0.5) is 0 Å². The Labute approximate surface area is 48.0 Å². The van der Waals surface area contributed by atoms with Gasteiger partial charge in [-0.05, 0) is 6.42 Å². The van der Waals surface area contributed by atoms with E-state index in [1.807, 2.05) is 0 Å². The number of carbonyl (C=O) groups excluding carboxylic acids is 1. The van der Waals surface area contributed by atoms with E-state index < -0.39 is 12.2 Å². The number of nitrogens with two attached hydrogens (primary N) is 3. The maximum atomic E-state index is 9.80. The molecule has 0 saturated heterocycles. The van der Waals surface area contributed by atoms with E-state index in [0.29, 0.717) is 12.7 Å². The van der Waals surface area contributed by atoms with Crippen LogP contribution in [0.25, 0.3) is 0 Å². The quantitative estimate of drug-likeness (QED) is 0.298. The van der Waals surface area contributed by atoms with E-state index in [9.17, 15) is 4.79 Å². The number of aldehydes is 1. The van der Waals surface area contributed by atoms with Gasteiger partial charge in [0, 0.05) is 0 Å². The molecule has 6 N–H and O–H groups in total. The second kappa shape index (κ2) is 3.54. The molecule has 1 unspecified atom stereocenters. The Morgan fingerprint density at radius 2 is 1.88 bits per heavy atom. The van der Waals surface area contributed by atoms with E-state index in [4.69, 9.17) is 17.2 Å². The third kappa shape index (κ3) is 3.73. The fourth-order valence-electron chi connectivity index (χ4n) is 0.370. The van der Waals surface area contributed by atoms with Crippen LogP contribution in [0.2, 0.25) is 0 Å². The summed E-state index contributed by atoms with van der Waals surface area (Å²) in [6.07, 6.45) is 0.506. The highest BCUT2D eigenvalue weighted by Gasteiger charge is 2.01. The number of hydrogen-bond acceptors (Lipinski definition) is 4. The molecular formula is C4H11N3O. The Hall–Kier alpha value is -0.450. The summed E-state index contributed by atoms with van der Waals surface area (Å²) in [5.41, 5.74) is 15.4. The van der Waals surface area contributed by atoms with Crippen molar-refractivity contribution in [1.82, 2.24) is 0 Å². The number of hydrogen-bond donors (Lipinski definition) is 3. The van der Waals surface area contributed by atoms with Crippen LogP contribution >= 0.6 is 0 Å². The molecule has 0 rings (SSSR count). The zero-order valence-corrected chi connectivity index (χ0v) is 4.58. The van der Waals surface area contributed by atoms with Gasteiger partial charge in [-0.1, -0.05) is 0 Å².